The maximum atomic E-state index is 10.9. The molecule has 0 aliphatic rings. The number of nitrogens with one attached hydrogen (secondary N) is 1. The molecule has 2 aromatic rings. The fourth-order valence-corrected chi connectivity index (χ4v) is 1.12. The molecular weight excluding hydrogens is 184 g/mol. The zero-order valence-electron chi connectivity index (χ0n) is 7.48. The fraction of sp³-hybridized carbons (Fsp3) is 0.111. The molecule has 0 aliphatic carbocycles. The molecule has 0 bridgehead atoms. The number of carbonyl (C=O) groups is 1. The van der Waals surface area contributed by atoms with E-state index in [4.69, 9.17) is 4.52 Å². The Bertz CT molecular complexity index is 464. The third-order valence-corrected chi connectivity index (χ3v) is 1.78. The average molecular weight is 192 g/mol. The summed E-state index contributed by atoms with van der Waals surface area (Å²) in [5, 5.41) is 7.00. The van der Waals surface area contributed by atoms with E-state index in [-0.39, 0.29) is 0 Å². The summed E-state index contributed by atoms with van der Waals surface area (Å²) in [7, 11) is 1.31. The summed E-state index contributed by atoms with van der Waals surface area (Å²) in [6, 6.07) is 5.20. The summed E-state index contributed by atoms with van der Waals surface area (Å²) < 4.78 is 9.37. The Kier molecular flexibility index (Phi) is 2.06. The second-order valence-electron chi connectivity index (χ2n) is 2.69. The Morgan fingerprint density at radius 3 is 3.21 bits per heavy atom. The van der Waals surface area contributed by atoms with Crippen molar-refractivity contribution in [3.8, 4) is 0 Å². The molecule has 0 atom stereocenters. The number of benzene rings is 1. The van der Waals surface area contributed by atoms with Crippen LogP contribution in [-0.2, 0) is 4.74 Å². The van der Waals surface area contributed by atoms with Crippen LogP contribution in [0.4, 0.5) is 10.5 Å². The lowest BCUT2D eigenvalue weighted by atomic mass is 10.2. The molecule has 0 radical (unpaired) electrons. The number of fused-ring (bicyclic) bond motifs is 1. The number of methoxy groups -OCH3 is 1. The van der Waals surface area contributed by atoms with Crippen molar-refractivity contribution < 1.29 is 14.1 Å². The molecule has 1 heterocycles. The summed E-state index contributed by atoms with van der Waals surface area (Å²) in [6.07, 6.45) is 1.08. The van der Waals surface area contributed by atoms with Gasteiger partial charge in [0, 0.05) is 11.1 Å². The molecule has 0 fully saturated rings. The molecular formula is C9H8N2O3. The van der Waals surface area contributed by atoms with E-state index >= 15 is 0 Å². The van der Waals surface area contributed by atoms with Crippen molar-refractivity contribution >= 4 is 22.7 Å². The van der Waals surface area contributed by atoms with E-state index in [0.29, 0.717) is 11.3 Å². The monoisotopic (exact) mass is 192 g/mol. The third kappa shape index (κ3) is 1.52. The van der Waals surface area contributed by atoms with Crippen LogP contribution in [0.3, 0.4) is 0 Å². The predicted octanol–water partition coefficient (Wildman–Crippen LogP) is 2.01. The number of anilines is 1. The molecule has 1 aromatic carbocycles. The van der Waals surface area contributed by atoms with Crippen molar-refractivity contribution in [2.24, 2.45) is 0 Å². The molecule has 1 amide bonds. The van der Waals surface area contributed by atoms with Gasteiger partial charge in [0.05, 0.1) is 13.3 Å². The van der Waals surface area contributed by atoms with Gasteiger partial charge in [-0.25, -0.2) is 4.79 Å². The van der Waals surface area contributed by atoms with Gasteiger partial charge < -0.3 is 9.26 Å². The molecule has 72 valence electrons. The van der Waals surface area contributed by atoms with Gasteiger partial charge in [-0.2, -0.15) is 0 Å². The topological polar surface area (TPSA) is 64.4 Å². The van der Waals surface area contributed by atoms with Crippen LogP contribution in [0.5, 0.6) is 0 Å². The highest BCUT2D eigenvalue weighted by Gasteiger charge is 2.03. The average Bonchev–Trinajstić information content (AvgIpc) is 2.64. The number of hydrogen-bond acceptors (Lipinski definition) is 4. The minimum Gasteiger partial charge on any atom is -0.453 e. The van der Waals surface area contributed by atoms with Crippen LogP contribution >= 0.6 is 0 Å². The van der Waals surface area contributed by atoms with Crippen molar-refractivity contribution in [2.75, 3.05) is 12.4 Å². The van der Waals surface area contributed by atoms with Crippen molar-refractivity contribution in [1.82, 2.24) is 5.16 Å². The van der Waals surface area contributed by atoms with Crippen molar-refractivity contribution in [3.05, 3.63) is 24.4 Å². The van der Waals surface area contributed by atoms with Gasteiger partial charge in [0.2, 0.25) is 0 Å². The number of rotatable bonds is 1. The minimum atomic E-state index is -0.499. The molecule has 14 heavy (non-hydrogen) atoms. The van der Waals surface area contributed by atoms with E-state index in [0.717, 1.165) is 5.39 Å². The Morgan fingerprint density at radius 2 is 2.43 bits per heavy atom. The maximum Gasteiger partial charge on any atom is 0.411 e. The molecule has 1 aromatic heterocycles. The number of hydrogen-bond donors (Lipinski definition) is 1. The van der Waals surface area contributed by atoms with Crippen LogP contribution in [0, 0.1) is 0 Å². The third-order valence-electron chi connectivity index (χ3n) is 1.78. The SMILES string of the molecule is COC(=O)Nc1ccc2oncc2c1. The van der Waals surface area contributed by atoms with Crippen LogP contribution in [0.2, 0.25) is 0 Å². The Hall–Kier alpha value is -2.04. The van der Waals surface area contributed by atoms with Crippen molar-refractivity contribution in [1.29, 1.82) is 0 Å². The Morgan fingerprint density at radius 1 is 1.57 bits per heavy atom. The number of ether oxygens (including phenoxy) is 1. The number of nitrogens with zero attached hydrogens (tertiary/aromatic N) is 1. The van der Waals surface area contributed by atoms with E-state index < -0.39 is 6.09 Å². The van der Waals surface area contributed by atoms with Gasteiger partial charge in [-0.15, -0.1) is 0 Å². The van der Waals surface area contributed by atoms with Crippen molar-refractivity contribution in [2.45, 2.75) is 0 Å². The van der Waals surface area contributed by atoms with Gasteiger partial charge in [-0.05, 0) is 18.2 Å². The number of aromatic nitrogens is 1. The molecule has 1 N–H and O–H groups in total. The zero-order valence-corrected chi connectivity index (χ0v) is 7.48. The lowest BCUT2D eigenvalue weighted by molar-refractivity contribution is 0.187. The first-order valence-electron chi connectivity index (χ1n) is 3.99. The van der Waals surface area contributed by atoms with Crippen LogP contribution in [0.15, 0.2) is 28.9 Å². The van der Waals surface area contributed by atoms with Gasteiger partial charge in [0.1, 0.15) is 0 Å². The fourth-order valence-electron chi connectivity index (χ4n) is 1.12. The molecule has 0 unspecified atom stereocenters. The summed E-state index contributed by atoms with van der Waals surface area (Å²) >= 11 is 0. The standard InChI is InChI=1S/C9H8N2O3/c1-13-9(12)11-7-2-3-8-6(4-7)5-10-14-8/h2-5H,1H3,(H,11,12). The molecule has 0 saturated heterocycles. The van der Waals surface area contributed by atoms with Crippen LogP contribution < -0.4 is 5.32 Å². The van der Waals surface area contributed by atoms with Gasteiger partial charge in [-0.3, -0.25) is 5.32 Å². The van der Waals surface area contributed by atoms with Gasteiger partial charge in [-0.1, -0.05) is 5.16 Å². The number of amides is 1. The van der Waals surface area contributed by atoms with E-state index in [1.165, 1.54) is 7.11 Å². The molecule has 0 aliphatic heterocycles. The molecule has 0 saturated carbocycles. The normalized spacial score (nSPS) is 10.1. The lowest BCUT2D eigenvalue weighted by Crippen LogP contribution is -2.10. The second kappa shape index (κ2) is 3.37. The second-order valence-corrected chi connectivity index (χ2v) is 2.69. The van der Waals surface area contributed by atoms with Crippen molar-refractivity contribution in [3.63, 3.8) is 0 Å². The largest absolute Gasteiger partial charge is 0.453 e. The van der Waals surface area contributed by atoms with E-state index in [1.807, 2.05) is 0 Å². The lowest BCUT2D eigenvalue weighted by Gasteiger charge is -2.01. The molecule has 2 rings (SSSR count). The van der Waals surface area contributed by atoms with Gasteiger partial charge in [0.15, 0.2) is 5.58 Å². The van der Waals surface area contributed by atoms with Gasteiger partial charge in [0.25, 0.3) is 0 Å². The summed E-state index contributed by atoms with van der Waals surface area (Å²) in [6.45, 7) is 0. The summed E-state index contributed by atoms with van der Waals surface area (Å²) in [5.74, 6) is 0. The van der Waals surface area contributed by atoms with Gasteiger partial charge >= 0.3 is 6.09 Å². The Labute approximate surface area is 79.6 Å². The predicted molar refractivity (Wildman–Crippen MR) is 50.0 cm³/mol. The first kappa shape index (κ1) is 8.55. The van der Waals surface area contributed by atoms with E-state index in [9.17, 15) is 4.79 Å². The van der Waals surface area contributed by atoms with Crippen LogP contribution in [0.1, 0.15) is 0 Å². The zero-order chi connectivity index (χ0) is 9.97. The Balaban J connectivity index is 2.30. The highest BCUT2D eigenvalue weighted by molar-refractivity contribution is 5.88. The summed E-state index contributed by atoms with van der Waals surface area (Å²) in [5.41, 5.74) is 1.33. The first-order chi connectivity index (χ1) is 6.79. The highest BCUT2D eigenvalue weighted by atomic mass is 16.5. The smallest absolute Gasteiger partial charge is 0.411 e. The maximum absolute atomic E-state index is 10.9. The molecule has 5 heteroatoms. The minimum absolute atomic E-state index is 0.499. The van der Waals surface area contributed by atoms with Crippen LogP contribution in [-0.4, -0.2) is 18.4 Å². The first-order valence-corrected chi connectivity index (χ1v) is 3.99. The van der Waals surface area contributed by atoms with Crippen LogP contribution in [0.25, 0.3) is 11.0 Å². The highest BCUT2D eigenvalue weighted by Crippen LogP contribution is 2.18. The molecule has 0 spiro atoms. The summed E-state index contributed by atoms with van der Waals surface area (Å²) in [4.78, 5) is 10.9. The quantitative estimate of drug-likeness (QED) is 0.750. The van der Waals surface area contributed by atoms with E-state index in [1.54, 1.807) is 24.4 Å². The van der Waals surface area contributed by atoms with E-state index in [2.05, 4.69) is 15.2 Å². The molecule has 5 nitrogen and oxygen atoms in total. The number of carbonyl (C=O) groups excluding carboxylic acids is 1.